The molecule has 0 N–H and O–H groups in total. The molecule has 0 saturated carbocycles. The van der Waals surface area contributed by atoms with Crippen LogP contribution in [0.5, 0.6) is 0 Å². The van der Waals surface area contributed by atoms with Gasteiger partial charge in [-0.3, -0.25) is 0 Å². The number of hydrogen-bond acceptors (Lipinski definition) is 3. The molecule has 23 heavy (non-hydrogen) atoms. The van der Waals surface area contributed by atoms with Gasteiger partial charge in [0.1, 0.15) is 0 Å². The van der Waals surface area contributed by atoms with Gasteiger partial charge in [0.15, 0.2) is 0 Å². The molecule has 0 atom stereocenters. The summed E-state index contributed by atoms with van der Waals surface area (Å²) in [5.41, 5.74) is 2.21. The zero-order valence-corrected chi connectivity index (χ0v) is 14.4. The molecule has 3 nitrogen and oxygen atoms in total. The first-order chi connectivity index (χ1) is 11.1. The van der Waals surface area contributed by atoms with Gasteiger partial charge in [-0.25, -0.2) is 8.42 Å². The summed E-state index contributed by atoms with van der Waals surface area (Å²) in [6.07, 6.45) is 4.78. The van der Waals surface area contributed by atoms with Gasteiger partial charge in [0.05, 0.1) is 4.91 Å². The van der Waals surface area contributed by atoms with Crippen molar-refractivity contribution in [2.75, 3.05) is 6.54 Å². The normalized spacial score (nSPS) is 14.4. The van der Waals surface area contributed by atoms with E-state index >= 15 is 0 Å². The average Bonchev–Trinajstić information content (AvgIpc) is 3.07. The summed E-state index contributed by atoms with van der Waals surface area (Å²) >= 11 is 1.57. The van der Waals surface area contributed by atoms with E-state index in [9.17, 15) is 8.42 Å². The Morgan fingerprint density at radius 2 is 2.00 bits per heavy atom. The first-order valence-electron chi connectivity index (χ1n) is 7.53. The molecule has 1 aliphatic rings. The summed E-state index contributed by atoms with van der Waals surface area (Å²) in [5, 5.41) is 1.96. The Hall–Kier alpha value is -1.69. The van der Waals surface area contributed by atoms with Crippen molar-refractivity contribution >= 4 is 27.4 Å². The van der Waals surface area contributed by atoms with E-state index in [1.165, 1.54) is 9.87 Å². The molecular weight excluding hydrogens is 326 g/mol. The van der Waals surface area contributed by atoms with Crippen LogP contribution in [-0.2, 0) is 23.0 Å². The van der Waals surface area contributed by atoms with E-state index in [-0.39, 0.29) is 0 Å². The lowest BCUT2D eigenvalue weighted by Crippen LogP contribution is -2.32. The lowest BCUT2D eigenvalue weighted by molar-refractivity contribution is 0.445. The molecule has 1 heterocycles. The van der Waals surface area contributed by atoms with E-state index in [0.717, 1.165) is 16.9 Å². The fraction of sp³-hybridized carbons (Fsp3) is 0.222. The zero-order chi connectivity index (χ0) is 16.3. The van der Waals surface area contributed by atoms with Crippen molar-refractivity contribution < 1.29 is 8.42 Å². The van der Waals surface area contributed by atoms with Gasteiger partial charge >= 0.3 is 0 Å². The summed E-state index contributed by atoms with van der Waals surface area (Å²) < 4.78 is 27.6. The van der Waals surface area contributed by atoms with Gasteiger partial charge < -0.3 is 0 Å². The van der Waals surface area contributed by atoms with Gasteiger partial charge in [-0.1, -0.05) is 36.4 Å². The molecule has 1 aromatic carbocycles. The molecule has 0 fully saturated rings. The van der Waals surface area contributed by atoms with Crippen molar-refractivity contribution in [2.45, 2.75) is 19.4 Å². The standard InChI is InChI=1S/C18H19NO2S2/c1-2-11-19(14-17-8-5-12-22-17)23(20,21)18-10-9-15-6-3-4-7-16(15)13-18/h2-8,12-13H,1,9-11,14H2. The highest BCUT2D eigenvalue weighted by Gasteiger charge is 2.28. The van der Waals surface area contributed by atoms with Crippen LogP contribution in [0.25, 0.3) is 6.08 Å². The molecule has 5 heteroatoms. The van der Waals surface area contributed by atoms with E-state index < -0.39 is 10.0 Å². The summed E-state index contributed by atoms with van der Waals surface area (Å²) in [4.78, 5) is 1.53. The highest BCUT2D eigenvalue weighted by Crippen LogP contribution is 2.29. The van der Waals surface area contributed by atoms with Crippen LogP contribution in [0.3, 0.4) is 0 Å². The maximum atomic E-state index is 13.0. The van der Waals surface area contributed by atoms with Gasteiger partial charge in [0, 0.05) is 18.0 Å². The molecule has 1 aliphatic carbocycles. The smallest absolute Gasteiger partial charge is 0.207 e. The third-order valence-electron chi connectivity index (χ3n) is 3.93. The van der Waals surface area contributed by atoms with Crippen LogP contribution in [0, 0.1) is 0 Å². The largest absolute Gasteiger partial charge is 0.239 e. The van der Waals surface area contributed by atoms with E-state index in [0.29, 0.717) is 24.4 Å². The quantitative estimate of drug-likeness (QED) is 0.741. The number of fused-ring (bicyclic) bond motifs is 1. The van der Waals surface area contributed by atoms with Crippen molar-refractivity contribution in [1.29, 1.82) is 0 Å². The van der Waals surface area contributed by atoms with Gasteiger partial charge in [0.25, 0.3) is 0 Å². The fourth-order valence-electron chi connectivity index (χ4n) is 2.74. The lowest BCUT2D eigenvalue weighted by Gasteiger charge is -2.24. The van der Waals surface area contributed by atoms with Crippen LogP contribution < -0.4 is 0 Å². The predicted octanol–water partition coefficient (Wildman–Crippen LogP) is 4.05. The summed E-state index contributed by atoms with van der Waals surface area (Å²) in [6.45, 7) is 4.41. The highest BCUT2D eigenvalue weighted by molar-refractivity contribution is 7.93. The average molecular weight is 345 g/mol. The minimum absolute atomic E-state index is 0.319. The second-order valence-corrected chi connectivity index (χ2v) is 8.50. The van der Waals surface area contributed by atoms with Crippen molar-refractivity contribution in [3.8, 4) is 0 Å². The minimum Gasteiger partial charge on any atom is -0.207 e. The highest BCUT2D eigenvalue weighted by atomic mass is 32.2. The number of rotatable bonds is 6. The topological polar surface area (TPSA) is 37.4 Å². The minimum atomic E-state index is -3.48. The molecule has 0 spiro atoms. The Balaban J connectivity index is 1.92. The number of hydrogen-bond donors (Lipinski definition) is 0. The number of nitrogens with zero attached hydrogens (tertiary/aromatic N) is 1. The van der Waals surface area contributed by atoms with Crippen LogP contribution in [-0.4, -0.2) is 19.3 Å². The van der Waals surface area contributed by atoms with Gasteiger partial charge in [-0.15, -0.1) is 17.9 Å². The molecule has 0 aliphatic heterocycles. The molecule has 120 valence electrons. The maximum Gasteiger partial charge on any atom is 0.239 e. The summed E-state index contributed by atoms with van der Waals surface area (Å²) in [7, 11) is -3.48. The molecule has 3 rings (SSSR count). The SMILES string of the molecule is C=CCN(Cc1cccs1)S(=O)(=O)C1=Cc2ccccc2CC1. The predicted molar refractivity (Wildman–Crippen MR) is 96.6 cm³/mol. The molecule has 1 aromatic heterocycles. The number of thiophene rings is 1. The van der Waals surface area contributed by atoms with Crippen LogP contribution >= 0.6 is 11.3 Å². The molecule has 0 radical (unpaired) electrons. The second kappa shape index (κ2) is 6.83. The Kier molecular flexibility index (Phi) is 4.80. The summed E-state index contributed by atoms with van der Waals surface area (Å²) in [5.74, 6) is 0. The van der Waals surface area contributed by atoms with Crippen LogP contribution in [0.1, 0.15) is 22.4 Å². The Morgan fingerprint density at radius 3 is 2.74 bits per heavy atom. The molecule has 0 amide bonds. The number of sulfonamides is 1. The first kappa shape index (κ1) is 16.2. The monoisotopic (exact) mass is 345 g/mol. The van der Waals surface area contributed by atoms with E-state index in [1.54, 1.807) is 17.4 Å². The van der Waals surface area contributed by atoms with E-state index in [2.05, 4.69) is 12.6 Å². The van der Waals surface area contributed by atoms with E-state index in [4.69, 9.17) is 0 Å². The van der Waals surface area contributed by atoms with Gasteiger partial charge in [-0.2, -0.15) is 4.31 Å². The van der Waals surface area contributed by atoms with Crippen LogP contribution in [0.4, 0.5) is 0 Å². The second-order valence-electron chi connectivity index (χ2n) is 5.48. The molecule has 0 unspecified atom stereocenters. The lowest BCUT2D eigenvalue weighted by atomic mass is 9.98. The van der Waals surface area contributed by atoms with Crippen LogP contribution in [0.2, 0.25) is 0 Å². The fourth-order valence-corrected chi connectivity index (χ4v) is 5.12. The molecule has 0 bridgehead atoms. The molecular formula is C18H19NO2S2. The van der Waals surface area contributed by atoms with Gasteiger partial charge in [0.2, 0.25) is 10.0 Å². The Labute approximate surface area is 141 Å². The van der Waals surface area contributed by atoms with E-state index in [1.807, 2.05) is 41.8 Å². The third kappa shape index (κ3) is 3.47. The zero-order valence-electron chi connectivity index (χ0n) is 12.8. The van der Waals surface area contributed by atoms with Crippen molar-refractivity contribution in [1.82, 2.24) is 4.31 Å². The number of allylic oxidation sites excluding steroid dienone is 1. The van der Waals surface area contributed by atoms with Crippen molar-refractivity contribution in [3.63, 3.8) is 0 Å². The third-order valence-corrected chi connectivity index (χ3v) is 6.73. The van der Waals surface area contributed by atoms with Gasteiger partial charge in [-0.05, 0) is 41.5 Å². The number of aryl methyl sites for hydroxylation is 1. The van der Waals surface area contributed by atoms with Crippen molar-refractivity contribution in [2.24, 2.45) is 0 Å². The van der Waals surface area contributed by atoms with Crippen molar-refractivity contribution in [3.05, 3.63) is 75.3 Å². The summed E-state index contributed by atoms with van der Waals surface area (Å²) in [6, 6.07) is 11.9. The molecule has 0 saturated heterocycles. The Morgan fingerprint density at radius 1 is 1.17 bits per heavy atom. The molecule has 2 aromatic rings. The number of benzene rings is 1. The maximum absolute atomic E-state index is 13.0. The first-order valence-corrected chi connectivity index (χ1v) is 9.85. The Bertz CT molecular complexity index is 820. The van der Waals surface area contributed by atoms with Crippen LogP contribution in [0.15, 0.2) is 59.3 Å².